The van der Waals surface area contributed by atoms with Gasteiger partial charge in [-0.15, -0.1) is 0 Å². The van der Waals surface area contributed by atoms with Gasteiger partial charge in [0.15, 0.2) is 5.78 Å². The number of fused-ring (bicyclic) bond motifs is 1. The van der Waals surface area contributed by atoms with Crippen LogP contribution in [-0.2, 0) is 16.6 Å². The van der Waals surface area contributed by atoms with Gasteiger partial charge in [0, 0.05) is 17.1 Å². The molecule has 0 N–H and O–H groups in total. The van der Waals surface area contributed by atoms with E-state index in [1.54, 1.807) is 30.5 Å². The van der Waals surface area contributed by atoms with Crippen molar-refractivity contribution in [3.05, 3.63) is 71.9 Å². The second kappa shape index (κ2) is 6.64. The van der Waals surface area contributed by atoms with E-state index < -0.39 is 10.0 Å². The molecule has 3 aromatic rings. The zero-order valence-electron chi connectivity index (χ0n) is 14.0. The number of pyridine rings is 1. The van der Waals surface area contributed by atoms with Gasteiger partial charge >= 0.3 is 0 Å². The molecule has 0 aliphatic rings. The van der Waals surface area contributed by atoms with Crippen molar-refractivity contribution in [2.75, 3.05) is 10.6 Å². The molecular weight excluding hydrogens is 336 g/mol. The van der Waals surface area contributed by atoms with Crippen LogP contribution in [0.3, 0.4) is 0 Å². The van der Waals surface area contributed by atoms with E-state index in [9.17, 15) is 13.2 Å². The van der Waals surface area contributed by atoms with Gasteiger partial charge in [0.1, 0.15) is 0 Å². The lowest BCUT2D eigenvalue weighted by molar-refractivity contribution is 0.101. The number of benzene rings is 2. The number of nitrogens with zero attached hydrogens (tertiary/aromatic N) is 2. The standard InChI is InChI=1S/C19H18N2O3S/c1-14(22)15-8-10-18(11-9-15)21(25(2,23)24)13-17-6-3-5-16-7-4-12-20-19(16)17/h3-12H,13H2,1-2H3. The first-order valence-corrected chi connectivity index (χ1v) is 9.62. The third-order valence-electron chi connectivity index (χ3n) is 3.99. The third-order valence-corrected chi connectivity index (χ3v) is 5.13. The molecule has 0 radical (unpaired) electrons. The Hall–Kier alpha value is -2.73. The molecule has 6 heteroatoms. The molecule has 0 atom stereocenters. The number of aromatic nitrogens is 1. The molecule has 1 heterocycles. The van der Waals surface area contributed by atoms with Crippen LogP contribution in [0.15, 0.2) is 60.8 Å². The second-order valence-corrected chi connectivity index (χ2v) is 7.77. The van der Waals surface area contributed by atoms with Gasteiger partial charge in [0.05, 0.1) is 24.0 Å². The van der Waals surface area contributed by atoms with Crippen LogP contribution in [0.25, 0.3) is 10.9 Å². The van der Waals surface area contributed by atoms with Gasteiger partial charge in [-0.05, 0) is 42.8 Å². The molecule has 3 rings (SSSR count). The van der Waals surface area contributed by atoms with Crippen LogP contribution in [0.2, 0.25) is 0 Å². The smallest absolute Gasteiger partial charge is 0.232 e. The average Bonchev–Trinajstić information content (AvgIpc) is 2.59. The van der Waals surface area contributed by atoms with Crippen molar-refractivity contribution in [1.29, 1.82) is 0 Å². The molecule has 0 unspecified atom stereocenters. The lowest BCUT2D eigenvalue weighted by Gasteiger charge is -2.23. The summed E-state index contributed by atoms with van der Waals surface area (Å²) >= 11 is 0. The quantitative estimate of drug-likeness (QED) is 0.659. The number of anilines is 1. The number of Topliss-reactive ketones (excluding diaryl/α,β-unsaturated/α-hetero) is 1. The summed E-state index contributed by atoms with van der Waals surface area (Å²) in [5, 5.41) is 0.959. The zero-order valence-corrected chi connectivity index (χ0v) is 14.8. The third kappa shape index (κ3) is 3.69. The summed E-state index contributed by atoms with van der Waals surface area (Å²) in [6.45, 7) is 1.65. The van der Waals surface area contributed by atoms with Gasteiger partial charge in [0.25, 0.3) is 0 Å². The Morgan fingerprint density at radius 2 is 1.72 bits per heavy atom. The topological polar surface area (TPSA) is 67.3 Å². The highest BCUT2D eigenvalue weighted by molar-refractivity contribution is 7.92. The van der Waals surface area contributed by atoms with Gasteiger partial charge in [-0.25, -0.2) is 8.42 Å². The number of carbonyl (C=O) groups excluding carboxylic acids is 1. The fourth-order valence-electron chi connectivity index (χ4n) is 2.71. The summed E-state index contributed by atoms with van der Waals surface area (Å²) in [5.74, 6) is -0.0595. The molecule has 25 heavy (non-hydrogen) atoms. The van der Waals surface area contributed by atoms with Crippen LogP contribution in [0.5, 0.6) is 0 Å². The van der Waals surface area contributed by atoms with Gasteiger partial charge in [0.2, 0.25) is 10.0 Å². The maximum absolute atomic E-state index is 12.3. The van der Waals surface area contributed by atoms with Crippen molar-refractivity contribution in [1.82, 2.24) is 4.98 Å². The first-order valence-electron chi connectivity index (χ1n) is 7.77. The number of hydrogen-bond acceptors (Lipinski definition) is 4. The van der Waals surface area contributed by atoms with Gasteiger partial charge in [-0.3, -0.25) is 14.1 Å². The van der Waals surface area contributed by atoms with E-state index in [0.29, 0.717) is 11.3 Å². The fourth-order valence-corrected chi connectivity index (χ4v) is 3.59. The fraction of sp³-hybridized carbons (Fsp3) is 0.158. The zero-order chi connectivity index (χ0) is 18.0. The number of para-hydroxylation sites is 1. The molecule has 0 bridgehead atoms. The van der Waals surface area contributed by atoms with Crippen LogP contribution in [0.1, 0.15) is 22.8 Å². The highest BCUT2D eigenvalue weighted by Crippen LogP contribution is 2.24. The van der Waals surface area contributed by atoms with E-state index in [0.717, 1.165) is 16.5 Å². The van der Waals surface area contributed by atoms with Crippen molar-refractivity contribution < 1.29 is 13.2 Å². The predicted octanol–water partition coefficient (Wildman–Crippen LogP) is 3.40. The van der Waals surface area contributed by atoms with Crippen LogP contribution in [-0.4, -0.2) is 25.4 Å². The molecule has 0 aliphatic carbocycles. The Morgan fingerprint density at radius 3 is 2.36 bits per heavy atom. The minimum Gasteiger partial charge on any atom is -0.295 e. The first-order chi connectivity index (χ1) is 11.9. The van der Waals surface area contributed by atoms with Gasteiger partial charge < -0.3 is 0 Å². The Bertz CT molecular complexity index is 1020. The normalized spacial score (nSPS) is 11.4. The summed E-state index contributed by atoms with van der Waals surface area (Å²) in [6.07, 6.45) is 2.86. The lowest BCUT2D eigenvalue weighted by Crippen LogP contribution is -2.29. The van der Waals surface area contributed by atoms with Crippen LogP contribution in [0.4, 0.5) is 5.69 Å². The van der Waals surface area contributed by atoms with Gasteiger partial charge in [-0.2, -0.15) is 0 Å². The number of hydrogen-bond donors (Lipinski definition) is 0. The van der Waals surface area contributed by atoms with Crippen molar-refractivity contribution in [3.63, 3.8) is 0 Å². The summed E-state index contributed by atoms with van der Waals surface area (Å²) in [5.41, 5.74) is 2.66. The van der Waals surface area contributed by atoms with E-state index in [1.165, 1.54) is 17.5 Å². The SMILES string of the molecule is CC(=O)c1ccc(N(Cc2cccc3cccnc23)S(C)(=O)=O)cc1. The molecule has 2 aromatic carbocycles. The second-order valence-electron chi connectivity index (χ2n) is 5.86. The average molecular weight is 354 g/mol. The molecule has 0 fully saturated rings. The molecular formula is C19H18N2O3S. The number of rotatable bonds is 5. The largest absolute Gasteiger partial charge is 0.295 e. The van der Waals surface area contributed by atoms with E-state index in [-0.39, 0.29) is 12.3 Å². The summed E-state index contributed by atoms with van der Waals surface area (Å²) < 4.78 is 26.0. The van der Waals surface area contributed by atoms with E-state index in [1.807, 2.05) is 30.3 Å². The minimum atomic E-state index is -3.50. The highest BCUT2D eigenvalue weighted by atomic mass is 32.2. The van der Waals surface area contributed by atoms with E-state index >= 15 is 0 Å². The van der Waals surface area contributed by atoms with Crippen LogP contribution < -0.4 is 4.31 Å². The Kier molecular flexibility index (Phi) is 4.55. The number of carbonyl (C=O) groups is 1. The molecule has 0 amide bonds. The number of sulfonamides is 1. The Labute approximate surface area is 147 Å². The number of ketones is 1. The van der Waals surface area contributed by atoms with Gasteiger partial charge in [-0.1, -0.05) is 24.3 Å². The summed E-state index contributed by atoms with van der Waals surface area (Å²) in [4.78, 5) is 15.8. The van der Waals surface area contributed by atoms with Crippen molar-refractivity contribution in [3.8, 4) is 0 Å². The Morgan fingerprint density at radius 1 is 1.04 bits per heavy atom. The molecule has 0 saturated heterocycles. The summed E-state index contributed by atoms with van der Waals surface area (Å²) in [6, 6.07) is 16.1. The van der Waals surface area contributed by atoms with Crippen molar-refractivity contribution in [2.24, 2.45) is 0 Å². The highest BCUT2D eigenvalue weighted by Gasteiger charge is 2.19. The van der Waals surface area contributed by atoms with Crippen molar-refractivity contribution in [2.45, 2.75) is 13.5 Å². The monoisotopic (exact) mass is 354 g/mol. The molecule has 5 nitrogen and oxygen atoms in total. The minimum absolute atomic E-state index is 0.0595. The van der Waals surface area contributed by atoms with Crippen molar-refractivity contribution >= 4 is 32.4 Å². The lowest BCUT2D eigenvalue weighted by atomic mass is 10.1. The van der Waals surface area contributed by atoms with E-state index in [4.69, 9.17) is 0 Å². The van der Waals surface area contributed by atoms with E-state index in [2.05, 4.69) is 4.98 Å². The molecule has 0 aliphatic heterocycles. The van der Waals surface area contributed by atoms with Crippen LogP contribution in [0, 0.1) is 0 Å². The molecule has 0 spiro atoms. The van der Waals surface area contributed by atoms with Crippen LogP contribution >= 0.6 is 0 Å². The maximum Gasteiger partial charge on any atom is 0.232 e. The predicted molar refractivity (Wildman–Crippen MR) is 99.2 cm³/mol. The maximum atomic E-state index is 12.3. The first kappa shape index (κ1) is 17.1. The molecule has 128 valence electrons. The Balaban J connectivity index is 2.04. The summed E-state index contributed by atoms with van der Waals surface area (Å²) in [7, 11) is -3.50. The molecule has 1 aromatic heterocycles. The molecule has 0 saturated carbocycles.